The molecule has 1 aliphatic carbocycles. The van der Waals surface area contributed by atoms with Crippen LogP contribution in [0, 0.1) is 0 Å². The summed E-state index contributed by atoms with van der Waals surface area (Å²) in [5.74, 6) is 0.966. The van der Waals surface area contributed by atoms with Gasteiger partial charge in [-0.05, 0) is 63.6 Å². The second-order valence-electron chi connectivity index (χ2n) is 6.94. The fourth-order valence-corrected chi connectivity index (χ4v) is 2.65. The van der Waals surface area contributed by atoms with Crippen molar-refractivity contribution in [3.05, 3.63) is 29.8 Å². The van der Waals surface area contributed by atoms with E-state index in [0.717, 1.165) is 30.6 Å². The molecule has 1 aromatic carbocycles. The number of nitrogens with two attached hydrogens (primary N) is 1. The lowest BCUT2D eigenvalue weighted by Crippen LogP contribution is -2.45. The lowest BCUT2D eigenvalue weighted by atomic mass is 10.1. The molecule has 0 spiro atoms. The van der Waals surface area contributed by atoms with Crippen molar-refractivity contribution in [3.63, 3.8) is 0 Å². The zero-order valence-electron chi connectivity index (χ0n) is 13.7. The van der Waals surface area contributed by atoms with Crippen molar-refractivity contribution in [1.29, 1.82) is 0 Å². The summed E-state index contributed by atoms with van der Waals surface area (Å²) in [6, 6.07) is 8.10. The Morgan fingerprint density at radius 3 is 2.77 bits per heavy atom. The third-order valence-electron chi connectivity index (χ3n) is 3.89. The minimum atomic E-state index is -0.370. The Labute approximate surface area is 133 Å². The molecule has 1 aliphatic rings. The van der Waals surface area contributed by atoms with Gasteiger partial charge in [0.15, 0.2) is 0 Å². The van der Waals surface area contributed by atoms with Crippen LogP contribution in [0.1, 0.15) is 51.5 Å². The summed E-state index contributed by atoms with van der Waals surface area (Å²) in [5.41, 5.74) is 6.62. The molecule has 0 bridgehead atoms. The average molecular weight is 304 g/mol. The first-order valence-corrected chi connectivity index (χ1v) is 8.23. The van der Waals surface area contributed by atoms with Gasteiger partial charge in [0.25, 0.3) is 0 Å². The van der Waals surface area contributed by atoms with E-state index in [0.29, 0.717) is 19.1 Å². The van der Waals surface area contributed by atoms with E-state index in [1.807, 2.05) is 32.0 Å². The molecule has 0 heterocycles. The molecule has 1 aromatic rings. The third kappa shape index (κ3) is 6.06. The monoisotopic (exact) mass is 304 g/mol. The number of benzene rings is 1. The van der Waals surface area contributed by atoms with Crippen molar-refractivity contribution >= 4 is 5.91 Å². The number of ether oxygens (including phenoxy) is 1. The lowest BCUT2D eigenvalue weighted by molar-refractivity contribution is -0.121. The number of carbonyl (C=O) groups excluding carboxylic acids is 1. The van der Waals surface area contributed by atoms with Crippen LogP contribution in [-0.2, 0) is 11.2 Å². The van der Waals surface area contributed by atoms with Crippen molar-refractivity contribution in [3.8, 4) is 5.75 Å². The molecule has 1 fully saturated rings. The Balaban J connectivity index is 1.78. The maximum Gasteiger partial charge on any atom is 0.220 e. The van der Waals surface area contributed by atoms with E-state index in [2.05, 4.69) is 11.4 Å². The zero-order valence-corrected chi connectivity index (χ0v) is 13.7. The first-order valence-electron chi connectivity index (χ1n) is 8.23. The molecule has 1 saturated carbocycles. The minimum Gasteiger partial charge on any atom is -0.490 e. The quantitative estimate of drug-likeness (QED) is 0.814. The van der Waals surface area contributed by atoms with E-state index in [-0.39, 0.29) is 11.4 Å². The Bertz CT molecular complexity index is 488. The van der Waals surface area contributed by atoms with Gasteiger partial charge in [0.1, 0.15) is 5.75 Å². The number of amides is 1. The second kappa shape index (κ2) is 7.63. The Morgan fingerprint density at radius 1 is 1.36 bits per heavy atom. The van der Waals surface area contributed by atoms with Gasteiger partial charge in [0, 0.05) is 18.5 Å². The van der Waals surface area contributed by atoms with E-state index < -0.39 is 0 Å². The molecule has 122 valence electrons. The standard InChI is InChI=1S/C18H28N2O2/c1-18(2,19)13-20-17(21)11-10-14-6-5-9-16(12-14)22-15-7-3-4-8-15/h5-6,9,12,15H,3-4,7-8,10-11,13,19H2,1-2H3,(H,20,21). The third-order valence-corrected chi connectivity index (χ3v) is 3.89. The van der Waals surface area contributed by atoms with Gasteiger partial charge in [-0.25, -0.2) is 0 Å². The van der Waals surface area contributed by atoms with Crippen LogP contribution in [-0.4, -0.2) is 24.1 Å². The molecular weight excluding hydrogens is 276 g/mol. The van der Waals surface area contributed by atoms with E-state index in [9.17, 15) is 4.79 Å². The van der Waals surface area contributed by atoms with E-state index in [1.54, 1.807) is 0 Å². The summed E-state index contributed by atoms with van der Waals surface area (Å²) in [5, 5.41) is 2.87. The van der Waals surface area contributed by atoms with Crippen molar-refractivity contribution in [1.82, 2.24) is 5.32 Å². The number of rotatable bonds is 7. The summed E-state index contributed by atoms with van der Waals surface area (Å²) >= 11 is 0. The average Bonchev–Trinajstić information content (AvgIpc) is 2.95. The Hall–Kier alpha value is -1.55. The molecule has 22 heavy (non-hydrogen) atoms. The van der Waals surface area contributed by atoms with Crippen molar-refractivity contribution in [2.45, 2.75) is 64.0 Å². The number of carbonyl (C=O) groups is 1. The second-order valence-corrected chi connectivity index (χ2v) is 6.94. The van der Waals surface area contributed by atoms with E-state index >= 15 is 0 Å². The molecule has 0 atom stereocenters. The lowest BCUT2D eigenvalue weighted by Gasteiger charge is -2.18. The van der Waals surface area contributed by atoms with E-state index in [1.165, 1.54) is 12.8 Å². The van der Waals surface area contributed by atoms with Crippen molar-refractivity contribution in [2.75, 3.05) is 6.54 Å². The molecule has 4 nitrogen and oxygen atoms in total. The maximum atomic E-state index is 11.8. The highest BCUT2D eigenvalue weighted by molar-refractivity contribution is 5.76. The smallest absolute Gasteiger partial charge is 0.220 e. The van der Waals surface area contributed by atoms with Gasteiger partial charge in [-0.3, -0.25) is 4.79 Å². The largest absolute Gasteiger partial charge is 0.490 e. The first-order chi connectivity index (χ1) is 10.4. The maximum absolute atomic E-state index is 11.8. The molecule has 2 rings (SSSR count). The van der Waals surface area contributed by atoms with Crippen molar-refractivity contribution in [2.24, 2.45) is 5.73 Å². The fraction of sp³-hybridized carbons (Fsp3) is 0.611. The van der Waals surface area contributed by atoms with Crippen LogP contribution in [0.2, 0.25) is 0 Å². The van der Waals surface area contributed by atoms with Crippen LogP contribution in [0.5, 0.6) is 5.75 Å². The molecule has 0 aromatic heterocycles. The highest BCUT2D eigenvalue weighted by Gasteiger charge is 2.16. The number of hydrogen-bond donors (Lipinski definition) is 2. The summed E-state index contributed by atoms with van der Waals surface area (Å²) in [7, 11) is 0. The van der Waals surface area contributed by atoms with E-state index in [4.69, 9.17) is 10.5 Å². The summed E-state index contributed by atoms with van der Waals surface area (Å²) in [4.78, 5) is 11.8. The molecule has 0 unspecified atom stereocenters. The molecule has 4 heteroatoms. The van der Waals surface area contributed by atoms with Gasteiger partial charge >= 0.3 is 0 Å². The summed E-state index contributed by atoms with van der Waals surface area (Å²) in [6.07, 6.45) is 6.40. The minimum absolute atomic E-state index is 0.0423. The van der Waals surface area contributed by atoms with Gasteiger partial charge < -0.3 is 15.8 Å². The van der Waals surface area contributed by atoms with Crippen LogP contribution in [0.25, 0.3) is 0 Å². The van der Waals surface area contributed by atoms with Gasteiger partial charge in [0.05, 0.1) is 6.10 Å². The molecule has 1 amide bonds. The predicted octanol–water partition coefficient (Wildman–Crippen LogP) is 2.79. The molecule has 0 radical (unpaired) electrons. The zero-order chi connectivity index (χ0) is 16.0. The topological polar surface area (TPSA) is 64.3 Å². The number of nitrogens with one attached hydrogen (secondary N) is 1. The number of aryl methyl sites for hydroxylation is 1. The van der Waals surface area contributed by atoms with Gasteiger partial charge in [-0.15, -0.1) is 0 Å². The predicted molar refractivity (Wildman–Crippen MR) is 88.9 cm³/mol. The SMILES string of the molecule is CC(C)(N)CNC(=O)CCc1cccc(OC2CCCC2)c1. The highest BCUT2D eigenvalue weighted by atomic mass is 16.5. The van der Waals surface area contributed by atoms with Crippen LogP contribution in [0.3, 0.4) is 0 Å². The summed E-state index contributed by atoms with van der Waals surface area (Å²) < 4.78 is 6.00. The van der Waals surface area contributed by atoms with Crippen LogP contribution < -0.4 is 15.8 Å². The Kier molecular flexibility index (Phi) is 5.83. The number of hydrogen-bond acceptors (Lipinski definition) is 3. The highest BCUT2D eigenvalue weighted by Crippen LogP contribution is 2.24. The van der Waals surface area contributed by atoms with Crippen LogP contribution in [0.15, 0.2) is 24.3 Å². The van der Waals surface area contributed by atoms with Crippen LogP contribution in [0.4, 0.5) is 0 Å². The molecular formula is C18H28N2O2. The normalized spacial score (nSPS) is 15.8. The Morgan fingerprint density at radius 2 is 2.09 bits per heavy atom. The first kappa shape index (κ1) is 16.8. The molecule has 3 N–H and O–H groups in total. The summed E-state index contributed by atoms with van der Waals surface area (Å²) in [6.45, 7) is 4.30. The van der Waals surface area contributed by atoms with Gasteiger partial charge in [-0.1, -0.05) is 12.1 Å². The molecule has 0 aliphatic heterocycles. The van der Waals surface area contributed by atoms with Crippen LogP contribution >= 0.6 is 0 Å². The van der Waals surface area contributed by atoms with Gasteiger partial charge in [-0.2, -0.15) is 0 Å². The van der Waals surface area contributed by atoms with Gasteiger partial charge in [0.2, 0.25) is 5.91 Å². The fourth-order valence-electron chi connectivity index (χ4n) is 2.65. The molecule has 0 saturated heterocycles. The van der Waals surface area contributed by atoms with Crippen molar-refractivity contribution < 1.29 is 9.53 Å².